The quantitative estimate of drug-likeness (QED) is 0.532. The summed E-state index contributed by atoms with van der Waals surface area (Å²) in [5.74, 6) is -2.66. The first-order valence-electron chi connectivity index (χ1n) is 4.68. The smallest absolute Gasteiger partial charge is 0.317 e. The van der Waals surface area contributed by atoms with Crippen LogP contribution >= 0.6 is 0 Å². The van der Waals surface area contributed by atoms with E-state index in [9.17, 15) is 9.59 Å². The van der Waals surface area contributed by atoms with Crippen molar-refractivity contribution in [1.29, 1.82) is 0 Å². The average Bonchev–Trinajstić information content (AvgIpc) is 2.00. The minimum Gasteiger partial charge on any atom is -0.481 e. The van der Waals surface area contributed by atoms with Gasteiger partial charge in [0.05, 0.1) is 18.6 Å². The third-order valence-corrected chi connectivity index (χ3v) is 1.83. The molecule has 0 aromatic rings. The zero-order valence-corrected chi connectivity index (χ0v) is 8.88. The van der Waals surface area contributed by atoms with Crippen LogP contribution in [-0.2, 0) is 9.59 Å². The van der Waals surface area contributed by atoms with Gasteiger partial charge in [0, 0.05) is 13.1 Å². The van der Waals surface area contributed by atoms with Gasteiger partial charge in [-0.3, -0.25) is 14.5 Å². The monoisotopic (exact) mass is 219 g/mol. The lowest BCUT2D eigenvalue weighted by Gasteiger charge is -2.23. The second-order valence-corrected chi connectivity index (χ2v) is 3.68. The van der Waals surface area contributed by atoms with E-state index in [-0.39, 0.29) is 19.6 Å². The summed E-state index contributed by atoms with van der Waals surface area (Å²) in [4.78, 5) is 22.5. The predicted molar refractivity (Wildman–Crippen MR) is 52.6 cm³/mol. The zero-order valence-electron chi connectivity index (χ0n) is 8.88. The van der Waals surface area contributed by atoms with Crippen molar-refractivity contribution in [3.05, 3.63) is 0 Å². The summed E-state index contributed by atoms with van der Waals surface area (Å²) in [5.41, 5.74) is 0. The van der Waals surface area contributed by atoms with E-state index in [1.54, 1.807) is 0 Å². The normalized spacial score (nSPS) is 14.9. The summed E-state index contributed by atoms with van der Waals surface area (Å²) in [5, 5.41) is 26.3. The van der Waals surface area contributed by atoms with Crippen LogP contribution in [0.4, 0.5) is 0 Å². The van der Waals surface area contributed by atoms with Gasteiger partial charge in [0.2, 0.25) is 0 Å². The van der Waals surface area contributed by atoms with E-state index in [1.807, 2.05) is 0 Å². The summed E-state index contributed by atoms with van der Waals surface area (Å²) < 4.78 is 0. The molecule has 0 heterocycles. The van der Waals surface area contributed by atoms with Gasteiger partial charge in [-0.25, -0.2) is 0 Å². The maximum Gasteiger partial charge on any atom is 0.317 e. The number of carboxylic acids is 2. The van der Waals surface area contributed by atoms with Crippen LogP contribution < -0.4 is 0 Å². The Kier molecular flexibility index (Phi) is 5.88. The predicted octanol–water partition coefficient (Wildman–Crippen LogP) is -0.525. The van der Waals surface area contributed by atoms with Crippen molar-refractivity contribution >= 4 is 11.9 Å². The van der Waals surface area contributed by atoms with E-state index >= 15 is 0 Å². The number of rotatable bonds is 7. The molecule has 0 spiro atoms. The largest absolute Gasteiger partial charge is 0.481 e. The van der Waals surface area contributed by atoms with Gasteiger partial charge in [0.15, 0.2) is 0 Å². The van der Waals surface area contributed by atoms with Crippen LogP contribution in [-0.4, -0.2) is 57.9 Å². The van der Waals surface area contributed by atoms with Crippen molar-refractivity contribution in [1.82, 2.24) is 4.90 Å². The Labute approximate surface area is 88.1 Å². The fourth-order valence-electron chi connectivity index (χ4n) is 1.23. The van der Waals surface area contributed by atoms with E-state index in [0.717, 1.165) is 0 Å². The highest BCUT2D eigenvalue weighted by atomic mass is 16.4. The van der Waals surface area contributed by atoms with E-state index < -0.39 is 24.0 Å². The molecule has 0 aromatic carbocycles. The molecule has 0 bridgehead atoms. The van der Waals surface area contributed by atoms with Crippen LogP contribution in [0.25, 0.3) is 0 Å². The number of aliphatic hydroxyl groups excluding tert-OH is 1. The summed E-state index contributed by atoms with van der Waals surface area (Å²) in [6.45, 7) is 3.04. The van der Waals surface area contributed by atoms with E-state index in [2.05, 4.69) is 0 Å². The summed E-state index contributed by atoms with van der Waals surface area (Å²) in [6.07, 6.45) is -0.676. The topological polar surface area (TPSA) is 98.1 Å². The maximum absolute atomic E-state index is 10.6. The Morgan fingerprint density at radius 2 is 1.73 bits per heavy atom. The van der Waals surface area contributed by atoms with Crippen molar-refractivity contribution in [3.63, 3.8) is 0 Å². The highest BCUT2D eigenvalue weighted by Gasteiger charge is 2.19. The van der Waals surface area contributed by atoms with Gasteiger partial charge in [-0.05, 0) is 6.92 Å². The Hall–Kier alpha value is -1.14. The molecule has 0 radical (unpaired) electrons. The molecule has 88 valence electrons. The van der Waals surface area contributed by atoms with E-state index in [4.69, 9.17) is 15.3 Å². The van der Waals surface area contributed by atoms with Gasteiger partial charge in [0.1, 0.15) is 0 Å². The number of nitrogens with zero attached hydrogens (tertiary/aromatic N) is 1. The third kappa shape index (κ3) is 6.87. The molecule has 2 unspecified atom stereocenters. The van der Waals surface area contributed by atoms with E-state index in [0.29, 0.717) is 0 Å². The summed E-state index contributed by atoms with van der Waals surface area (Å²) in [6, 6.07) is 0. The second kappa shape index (κ2) is 6.36. The first-order valence-corrected chi connectivity index (χ1v) is 4.68. The summed E-state index contributed by atoms with van der Waals surface area (Å²) in [7, 11) is 0. The minimum absolute atomic E-state index is 0.118. The van der Waals surface area contributed by atoms with Crippen molar-refractivity contribution in [2.45, 2.75) is 20.0 Å². The minimum atomic E-state index is -1.03. The van der Waals surface area contributed by atoms with Crippen LogP contribution in [0, 0.1) is 5.92 Å². The van der Waals surface area contributed by atoms with Gasteiger partial charge >= 0.3 is 11.9 Å². The molecule has 3 N–H and O–H groups in total. The van der Waals surface area contributed by atoms with Gasteiger partial charge in [-0.1, -0.05) is 6.92 Å². The second-order valence-electron chi connectivity index (χ2n) is 3.68. The molecule has 2 atom stereocenters. The van der Waals surface area contributed by atoms with Crippen molar-refractivity contribution in [3.8, 4) is 0 Å². The molecule has 15 heavy (non-hydrogen) atoms. The van der Waals surface area contributed by atoms with Gasteiger partial charge in [-0.15, -0.1) is 0 Å². The van der Waals surface area contributed by atoms with Crippen LogP contribution in [0.2, 0.25) is 0 Å². The molecule has 0 rings (SSSR count). The van der Waals surface area contributed by atoms with Crippen molar-refractivity contribution < 1.29 is 24.9 Å². The molecule has 0 aromatic heterocycles. The third-order valence-electron chi connectivity index (χ3n) is 1.83. The zero-order chi connectivity index (χ0) is 12.0. The first-order chi connectivity index (χ1) is 6.82. The van der Waals surface area contributed by atoms with Gasteiger partial charge in [0.25, 0.3) is 0 Å². The molecule has 6 heteroatoms. The number of aliphatic carboxylic acids is 2. The molecule has 0 saturated heterocycles. The fraction of sp³-hybridized carbons (Fsp3) is 0.778. The number of hydrogen-bond donors (Lipinski definition) is 3. The van der Waals surface area contributed by atoms with Crippen molar-refractivity contribution in [2.75, 3.05) is 19.6 Å². The number of hydrogen-bond acceptors (Lipinski definition) is 4. The Morgan fingerprint density at radius 1 is 1.20 bits per heavy atom. The van der Waals surface area contributed by atoms with Crippen LogP contribution in [0.5, 0.6) is 0 Å². The molecule has 0 aliphatic heterocycles. The Morgan fingerprint density at radius 3 is 2.07 bits per heavy atom. The molecular weight excluding hydrogens is 202 g/mol. The van der Waals surface area contributed by atoms with Gasteiger partial charge < -0.3 is 15.3 Å². The van der Waals surface area contributed by atoms with Crippen LogP contribution in [0.1, 0.15) is 13.8 Å². The Balaban J connectivity index is 4.23. The molecule has 0 aliphatic carbocycles. The van der Waals surface area contributed by atoms with Crippen molar-refractivity contribution in [2.24, 2.45) is 5.92 Å². The molecule has 6 nitrogen and oxygen atoms in total. The summed E-state index contributed by atoms with van der Waals surface area (Å²) >= 11 is 0. The molecule has 0 saturated carbocycles. The highest BCUT2D eigenvalue weighted by Crippen LogP contribution is 2.01. The van der Waals surface area contributed by atoms with Gasteiger partial charge in [-0.2, -0.15) is 0 Å². The van der Waals surface area contributed by atoms with E-state index in [1.165, 1.54) is 18.7 Å². The maximum atomic E-state index is 10.6. The lowest BCUT2D eigenvalue weighted by Crippen LogP contribution is -2.39. The molecule has 0 amide bonds. The average molecular weight is 219 g/mol. The lowest BCUT2D eigenvalue weighted by molar-refractivity contribution is -0.144. The SMILES string of the molecule is CC(O)CN(CC(=O)O)CC(C)C(=O)O. The molecule has 0 fully saturated rings. The molecule has 0 aliphatic rings. The fourth-order valence-corrected chi connectivity index (χ4v) is 1.23. The first kappa shape index (κ1) is 13.9. The highest BCUT2D eigenvalue weighted by molar-refractivity contribution is 5.71. The Bertz CT molecular complexity index is 229. The molecular formula is C9H17NO5. The number of carbonyl (C=O) groups is 2. The van der Waals surface area contributed by atoms with Crippen LogP contribution in [0.3, 0.4) is 0 Å². The lowest BCUT2D eigenvalue weighted by atomic mass is 10.1. The number of carboxylic acid groups (broad SMARTS) is 2. The number of aliphatic hydroxyl groups is 1. The van der Waals surface area contributed by atoms with Crippen LogP contribution in [0.15, 0.2) is 0 Å². The standard InChI is InChI=1S/C9H17NO5/c1-6(9(14)15)3-10(4-7(2)11)5-8(12)13/h6-7,11H,3-5H2,1-2H3,(H,12,13)(H,14,15).